The Morgan fingerprint density at radius 2 is 2.04 bits per heavy atom. The highest BCUT2D eigenvalue weighted by Gasteiger charge is 2.37. The molecule has 1 unspecified atom stereocenters. The quantitative estimate of drug-likeness (QED) is 0.837. The van der Waals surface area contributed by atoms with Crippen molar-refractivity contribution in [2.24, 2.45) is 5.92 Å². The highest BCUT2D eigenvalue weighted by atomic mass is 19.3. The Morgan fingerprint density at radius 3 is 2.68 bits per heavy atom. The summed E-state index contributed by atoms with van der Waals surface area (Å²) in [5, 5.41) is 18.3. The van der Waals surface area contributed by atoms with Crippen LogP contribution >= 0.6 is 0 Å². The molecule has 0 spiro atoms. The summed E-state index contributed by atoms with van der Waals surface area (Å²) < 4.78 is 28.5. The van der Waals surface area contributed by atoms with Crippen molar-refractivity contribution in [3.05, 3.63) is 24.0 Å². The molecule has 7 heteroatoms. The summed E-state index contributed by atoms with van der Waals surface area (Å²) in [6, 6.07) is 2.12. The van der Waals surface area contributed by atoms with E-state index in [1.54, 1.807) is 12.4 Å². The average Bonchev–Trinajstić information content (AvgIpc) is 3.00. The van der Waals surface area contributed by atoms with Gasteiger partial charge in [0, 0.05) is 43.1 Å². The number of rotatable bonds is 6. The van der Waals surface area contributed by atoms with Gasteiger partial charge < -0.3 is 10.4 Å². The van der Waals surface area contributed by atoms with Crippen LogP contribution in [0.4, 0.5) is 8.78 Å². The van der Waals surface area contributed by atoms with Crippen molar-refractivity contribution in [3.63, 3.8) is 0 Å². The SMILES string of the molecule is CC(C)n1ncc2cc(CNC(CO)C3CCC(F)(F)CC3)cnc21. The van der Waals surface area contributed by atoms with E-state index in [4.69, 9.17) is 0 Å². The van der Waals surface area contributed by atoms with Crippen LogP contribution in [0.15, 0.2) is 18.5 Å². The van der Waals surface area contributed by atoms with Crippen LogP contribution in [0, 0.1) is 5.92 Å². The van der Waals surface area contributed by atoms with Gasteiger partial charge in [0.2, 0.25) is 5.92 Å². The first-order valence-corrected chi connectivity index (χ1v) is 8.94. The van der Waals surface area contributed by atoms with Gasteiger partial charge in [-0.3, -0.25) is 0 Å². The first-order chi connectivity index (χ1) is 11.9. The number of halogens is 2. The zero-order valence-electron chi connectivity index (χ0n) is 14.8. The molecule has 3 rings (SSSR count). The van der Waals surface area contributed by atoms with Gasteiger partial charge in [-0.15, -0.1) is 0 Å². The van der Waals surface area contributed by atoms with E-state index in [9.17, 15) is 13.9 Å². The van der Waals surface area contributed by atoms with Crippen molar-refractivity contribution in [1.82, 2.24) is 20.1 Å². The highest BCUT2D eigenvalue weighted by Crippen LogP contribution is 2.37. The second kappa shape index (κ2) is 7.33. The molecule has 1 atom stereocenters. The minimum Gasteiger partial charge on any atom is -0.395 e. The average molecular weight is 352 g/mol. The number of nitrogens with zero attached hydrogens (tertiary/aromatic N) is 3. The van der Waals surface area contributed by atoms with Gasteiger partial charge in [0.05, 0.1) is 12.8 Å². The molecule has 138 valence electrons. The molecular weight excluding hydrogens is 326 g/mol. The number of hydrogen-bond acceptors (Lipinski definition) is 4. The van der Waals surface area contributed by atoms with E-state index in [0.717, 1.165) is 16.6 Å². The highest BCUT2D eigenvalue weighted by molar-refractivity contribution is 5.75. The minimum absolute atomic E-state index is 0.0445. The molecule has 2 aromatic heterocycles. The Bertz CT molecular complexity index is 706. The lowest BCUT2D eigenvalue weighted by Gasteiger charge is -2.33. The van der Waals surface area contributed by atoms with Gasteiger partial charge in [-0.05, 0) is 44.2 Å². The van der Waals surface area contributed by atoms with Crippen molar-refractivity contribution >= 4 is 11.0 Å². The third-order valence-corrected chi connectivity index (χ3v) is 5.08. The van der Waals surface area contributed by atoms with Gasteiger partial charge in [-0.1, -0.05) is 0 Å². The first kappa shape index (κ1) is 18.2. The van der Waals surface area contributed by atoms with Crippen LogP contribution in [-0.4, -0.2) is 38.4 Å². The number of fused-ring (bicyclic) bond motifs is 1. The maximum Gasteiger partial charge on any atom is 0.248 e. The normalized spacial score (nSPS) is 19.6. The number of hydrogen-bond donors (Lipinski definition) is 2. The topological polar surface area (TPSA) is 63.0 Å². The van der Waals surface area contributed by atoms with Crippen LogP contribution in [-0.2, 0) is 6.54 Å². The molecule has 0 aromatic carbocycles. The van der Waals surface area contributed by atoms with E-state index in [0.29, 0.717) is 19.4 Å². The zero-order chi connectivity index (χ0) is 18.0. The molecule has 1 aliphatic carbocycles. The molecule has 2 aromatic rings. The van der Waals surface area contributed by atoms with Crippen molar-refractivity contribution < 1.29 is 13.9 Å². The summed E-state index contributed by atoms with van der Waals surface area (Å²) in [5.41, 5.74) is 1.85. The van der Waals surface area contributed by atoms with Gasteiger partial charge in [-0.25, -0.2) is 18.4 Å². The maximum atomic E-state index is 13.3. The predicted octanol–water partition coefficient (Wildman–Crippen LogP) is 3.29. The van der Waals surface area contributed by atoms with E-state index in [-0.39, 0.29) is 37.5 Å². The van der Waals surface area contributed by atoms with Crippen molar-refractivity contribution in [2.45, 2.75) is 64.1 Å². The first-order valence-electron chi connectivity index (χ1n) is 8.94. The van der Waals surface area contributed by atoms with Crippen LogP contribution in [0.25, 0.3) is 11.0 Å². The molecule has 0 radical (unpaired) electrons. The van der Waals surface area contributed by atoms with Crippen molar-refractivity contribution in [3.8, 4) is 0 Å². The molecule has 25 heavy (non-hydrogen) atoms. The lowest BCUT2D eigenvalue weighted by Crippen LogP contribution is -2.42. The standard InChI is InChI=1S/C18H26F2N4O/c1-12(2)24-17-15(10-23-24)7-13(9-22-17)8-21-16(11-25)14-3-5-18(19,20)6-4-14/h7,9-10,12,14,16,21,25H,3-6,8,11H2,1-2H3. The summed E-state index contributed by atoms with van der Waals surface area (Å²) in [7, 11) is 0. The zero-order valence-corrected chi connectivity index (χ0v) is 14.8. The van der Waals surface area contributed by atoms with Gasteiger partial charge in [0.25, 0.3) is 0 Å². The van der Waals surface area contributed by atoms with Crippen LogP contribution in [0.1, 0.15) is 51.1 Å². The molecular formula is C18H26F2N4O. The Labute approximate surface area is 146 Å². The fraction of sp³-hybridized carbons (Fsp3) is 0.667. The lowest BCUT2D eigenvalue weighted by molar-refractivity contribution is -0.0517. The van der Waals surface area contributed by atoms with Crippen molar-refractivity contribution in [1.29, 1.82) is 0 Å². The maximum absolute atomic E-state index is 13.3. The van der Waals surface area contributed by atoms with Crippen LogP contribution in [0.2, 0.25) is 0 Å². The smallest absolute Gasteiger partial charge is 0.248 e. The molecule has 1 saturated carbocycles. The lowest BCUT2D eigenvalue weighted by atomic mass is 9.82. The number of pyridine rings is 1. The molecule has 2 N–H and O–H groups in total. The Kier molecular flexibility index (Phi) is 5.34. The van der Waals surface area contributed by atoms with Crippen LogP contribution in [0.5, 0.6) is 0 Å². The van der Waals surface area contributed by atoms with Gasteiger partial charge in [0.1, 0.15) is 0 Å². The van der Waals surface area contributed by atoms with E-state index < -0.39 is 5.92 Å². The summed E-state index contributed by atoms with van der Waals surface area (Å²) in [6.07, 6.45) is 4.33. The molecule has 2 heterocycles. The molecule has 1 fully saturated rings. The number of nitrogens with one attached hydrogen (secondary N) is 1. The Balaban J connectivity index is 1.63. The van der Waals surface area contributed by atoms with E-state index in [1.807, 2.05) is 10.7 Å². The van der Waals surface area contributed by atoms with Crippen molar-refractivity contribution in [2.75, 3.05) is 6.61 Å². The molecule has 1 aliphatic rings. The molecule has 0 bridgehead atoms. The van der Waals surface area contributed by atoms with E-state index in [2.05, 4.69) is 29.2 Å². The largest absolute Gasteiger partial charge is 0.395 e. The van der Waals surface area contributed by atoms with Gasteiger partial charge in [0.15, 0.2) is 5.65 Å². The number of aromatic nitrogens is 3. The fourth-order valence-electron chi connectivity index (χ4n) is 3.55. The van der Waals surface area contributed by atoms with Crippen LogP contribution < -0.4 is 5.32 Å². The van der Waals surface area contributed by atoms with Crippen LogP contribution in [0.3, 0.4) is 0 Å². The molecule has 0 amide bonds. The Hall–Kier alpha value is -1.60. The van der Waals surface area contributed by atoms with Gasteiger partial charge in [-0.2, -0.15) is 5.10 Å². The summed E-state index contributed by atoms with van der Waals surface area (Å²) in [4.78, 5) is 4.50. The molecule has 0 saturated heterocycles. The number of aliphatic hydroxyl groups is 1. The van der Waals surface area contributed by atoms with E-state index in [1.165, 1.54) is 0 Å². The van der Waals surface area contributed by atoms with Gasteiger partial charge >= 0.3 is 0 Å². The number of aliphatic hydroxyl groups excluding tert-OH is 1. The fourth-order valence-corrected chi connectivity index (χ4v) is 3.55. The minimum atomic E-state index is -2.54. The third-order valence-electron chi connectivity index (χ3n) is 5.08. The monoisotopic (exact) mass is 352 g/mol. The molecule has 5 nitrogen and oxygen atoms in total. The summed E-state index contributed by atoms with van der Waals surface area (Å²) in [6.45, 7) is 4.62. The van der Waals surface area contributed by atoms with E-state index >= 15 is 0 Å². The third kappa shape index (κ3) is 4.15. The number of alkyl halides is 2. The second-order valence-electron chi connectivity index (χ2n) is 7.30. The summed E-state index contributed by atoms with van der Waals surface area (Å²) in [5.74, 6) is -2.45. The Morgan fingerprint density at radius 1 is 1.32 bits per heavy atom. The second-order valence-corrected chi connectivity index (χ2v) is 7.30. The predicted molar refractivity (Wildman–Crippen MR) is 92.5 cm³/mol. The summed E-state index contributed by atoms with van der Waals surface area (Å²) >= 11 is 0. The molecule has 0 aliphatic heterocycles.